The molecule has 348 valence electrons. The van der Waals surface area contributed by atoms with Crippen molar-refractivity contribution < 1.29 is 78.2 Å². The molecule has 15 heteroatoms. The predicted octanol–water partition coefficient (Wildman–Crippen LogP) is 0.990. The molecule has 0 spiro atoms. The summed E-state index contributed by atoms with van der Waals surface area (Å²) in [6.07, 6.45) is 4.83. The van der Waals surface area contributed by atoms with Crippen LogP contribution in [0.5, 0.6) is 0 Å². The summed E-state index contributed by atoms with van der Waals surface area (Å²) in [6.45, 7) is 0. The van der Waals surface area contributed by atoms with E-state index >= 15 is 0 Å². The van der Waals surface area contributed by atoms with E-state index in [1.165, 1.54) is 67.1 Å². The van der Waals surface area contributed by atoms with E-state index in [9.17, 15) is 0 Å². The summed E-state index contributed by atoms with van der Waals surface area (Å²) in [6, 6.07) is 88.4. The maximum absolute atomic E-state index is 8.49. The van der Waals surface area contributed by atoms with Crippen LogP contribution in [-0.4, -0.2) is 24.6 Å². The van der Waals surface area contributed by atoms with Crippen molar-refractivity contribution in [3.05, 3.63) is 243 Å². The van der Waals surface area contributed by atoms with Gasteiger partial charge in [-0.15, -0.1) is 20.5 Å². The van der Waals surface area contributed by atoms with E-state index < -0.39 is 20.5 Å². The molecule has 0 radical (unpaired) electrons. The van der Waals surface area contributed by atoms with Gasteiger partial charge in [-0.2, -0.15) is 0 Å². The van der Waals surface area contributed by atoms with Gasteiger partial charge in [-0.05, 0) is 98.8 Å². The van der Waals surface area contributed by atoms with Crippen molar-refractivity contribution in [3.63, 3.8) is 0 Å². The number of hydrogen-bond acceptors (Lipinski definition) is 8. The molecule has 0 heterocycles. The fourth-order valence-corrected chi connectivity index (χ4v) is 17.6. The van der Waals surface area contributed by atoms with E-state index in [4.69, 9.17) is 37.3 Å². The van der Waals surface area contributed by atoms with Crippen LogP contribution in [0.15, 0.2) is 243 Å². The van der Waals surface area contributed by atoms with Crippen molar-refractivity contribution in [3.8, 4) is 0 Å². The largest absolute Gasteiger partial charge is 2.00 e. The predicted molar refractivity (Wildman–Crippen MR) is 256 cm³/mol. The molecule has 0 atom stereocenters. The van der Waals surface area contributed by atoms with E-state index in [0.29, 0.717) is 0 Å². The van der Waals surface area contributed by atoms with E-state index in [1.54, 1.807) is 0 Å². The van der Waals surface area contributed by atoms with Crippen LogP contribution in [-0.2, 0) is 20.4 Å². The third-order valence-corrected chi connectivity index (χ3v) is 20.4. The molecule has 0 aliphatic rings. The van der Waals surface area contributed by atoms with Crippen LogP contribution >= 0.6 is 31.7 Å². The average molecular weight is 1100 g/mol. The zero-order chi connectivity index (χ0) is 47.0. The summed E-state index contributed by atoms with van der Waals surface area (Å²) in [5.41, 5.74) is 0. The Morgan fingerprint density at radius 3 is 0.388 bits per heavy atom. The van der Waals surface area contributed by atoms with Gasteiger partial charge in [0.1, 0.15) is 0 Å². The molecular weight excluding hydrogens is 1050 g/mol. The van der Waals surface area contributed by atoms with Crippen LogP contribution in [0.3, 0.4) is 0 Å². The van der Waals surface area contributed by atoms with Crippen molar-refractivity contribution in [2.75, 3.05) is 24.6 Å². The Bertz CT molecular complexity index is 1980. The second-order valence-corrected chi connectivity index (χ2v) is 24.9. The zero-order valence-electron chi connectivity index (χ0n) is 36.0. The molecule has 67 heavy (non-hydrogen) atoms. The van der Waals surface area contributed by atoms with Crippen LogP contribution in [0.4, 0.5) is 0 Å². The minimum atomic E-state index is -4.94. The topological polar surface area (TPSA) is 184 Å². The maximum atomic E-state index is 8.49. The van der Waals surface area contributed by atoms with Crippen molar-refractivity contribution in [1.82, 2.24) is 0 Å². The fourth-order valence-electron chi connectivity index (χ4n) is 6.89. The molecule has 0 unspecified atom stereocenters. The molecule has 0 aliphatic carbocycles. The molecule has 8 aromatic rings. The van der Waals surface area contributed by atoms with Crippen molar-refractivity contribution >= 4 is 74.1 Å². The van der Waals surface area contributed by atoms with Crippen LogP contribution in [0.1, 0.15) is 0 Å². The quantitative estimate of drug-likeness (QED) is 0.114. The molecule has 0 bridgehead atoms. The van der Waals surface area contributed by atoms with Crippen LogP contribution in [0, 0.1) is 20.5 Å². The number of rotatable bonds is 14. The zero-order valence-corrected chi connectivity index (χ0v) is 42.7. The van der Waals surface area contributed by atoms with Gasteiger partial charge in [-0.25, -0.2) is 37.3 Å². The van der Waals surface area contributed by atoms with Gasteiger partial charge >= 0.3 is 20.4 Å². The van der Waals surface area contributed by atoms with E-state index in [-0.39, 0.29) is 52.1 Å². The molecule has 8 nitrogen and oxygen atoms in total. The van der Waals surface area contributed by atoms with Gasteiger partial charge in [0.05, 0.1) is 0 Å². The summed E-state index contributed by atoms with van der Waals surface area (Å²) >= 11 is 0. The fraction of sp³-hybridized carbons (Fsp3) is 0.0769. The molecule has 0 amide bonds. The minimum absolute atomic E-state index is 0. The van der Waals surface area contributed by atoms with Gasteiger partial charge in [0, 0.05) is 0 Å². The Balaban J connectivity index is 0.000000241. The minimum Gasteiger partial charge on any atom is -0.222 e. The number of halogens is 2. The van der Waals surface area contributed by atoms with Gasteiger partial charge in [-0.1, -0.05) is 243 Å². The van der Waals surface area contributed by atoms with Crippen molar-refractivity contribution in [1.29, 1.82) is 0 Å². The van der Waals surface area contributed by atoms with E-state index in [0.717, 1.165) is 0 Å². The summed E-state index contributed by atoms with van der Waals surface area (Å²) < 4.78 is 67.9. The first-order valence-corrected chi connectivity index (χ1v) is 29.2. The number of hydrogen-bond donors (Lipinski definition) is 0. The Kier molecular flexibility index (Phi) is 25.2. The van der Waals surface area contributed by atoms with Crippen molar-refractivity contribution in [2.45, 2.75) is 0 Å². The standard InChI is InChI=1S/2C26H24P2.2ClHO4.Pd/c2*1-5-13-23(14-6-1)27(24-15-7-2-8-16-24)21-22-28(25-17-9-3-10-18-25)26-19-11-4-12-20-26;2*2-1(3,4)5;/h2*1-20H,21-22H2;2*(H,2,3,4,5);/q;;;;+2/p-2. The summed E-state index contributed by atoms with van der Waals surface area (Å²) in [7, 11) is -11.3. The van der Waals surface area contributed by atoms with Gasteiger partial charge in [-0.3, -0.25) is 0 Å². The maximum Gasteiger partial charge on any atom is 2.00 e. The van der Waals surface area contributed by atoms with E-state index in [1.807, 2.05) is 0 Å². The summed E-state index contributed by atoms with van der Waals surface area (Å²) in [4.78, 5) is 0. The molecule has 0 fully saturated rings. The SMILES string of the molecule is [O-][Cl+3]([O-])([O-])[O-].[O-][Cl+3]([O-])([O-])[O-].[Pd+2].c1ccc(P(CCP(c2ccccc2)c2ccccc2)c2ccccc2)cc1.c1ccc(P(CCP(c2ccccc2)c2ccccc2)c2ccccc2)cc1. The summed E-state index contributed by atoms with van der Waals surface area (Å²) in [5.74, 6) is 0. The van der Waals surface area contributed by atoms with Crippen LogP contribution in [0.25, 0.3) is 0 Å². The normalized spacial score (nSPS) is 11.0. The van der Waals surface area contributed by atoms with Gasteiger partial charge < -0.3 is 0 Å². The average Bonchev–Trinajstić information content (AvgIpc) is 3.33. The Morgan fingerprint density at radius 2 is 0.299 bits per heavy atom. The first-order chi connectivity index (χ1) is 31.8. The smallest absolute Gasteiger partial charge is 0.222 e. The first-order valence-electron chi connectivity index (χ1n) is 20.6. The first kappa shape index (κ1) is 56.0. The van der Waals surface area contributed by atoms with Crippen LogP contribution < -0.4 is 79.7 Å². The number of benzene rings is 8. The van der Waals surface area contributed by atoms with Gasteiger partial charge in [0.25, 0.3) is 0 Å². The molecular formula is C52H48Cl2O8P4Pd. The Morgan fingerprint density at radius 1 is 0.209 bits per heavy atom. The monoisotopic (exact) mass is 1100 g/mol. The molecule has 0 N–H and O–H groups in total. The molecule has 8 rings (SSSR count). The Labute approximate surface area is 416 Å². The second kappa shape index (κ2) is 30.1. The van der Waals surface area contributed by atoms with Crippen molar-refractivity contribution in [2.24, 2.45) is 0 Å². The molecule has 0 saturated heterocycles. The molecule has 0 saturated carbocycles. The third-order valence-electron chi connectivity index (χ3n) is 9.64. The van der Waals surface area contributed by atoms with Gasteiger partial charge in [0.2, 0.25) is 0 Å². The Hall–Kier alpha value is -3.60. The van der Waals surface area contributed by atoms with Gasteiger partial charge in [0.15, 0.2) is 0 Å². The molecule has 0 aliphatic heterocycles. The van der Waals surface area contributed by atoms with Crippen LogP contribution in [0.2, 0.25) is 0 Å². The molecule has 0 aromatic heterocycles. The van der Waals surface area contributed by atoms with E-state index in [2.05, 4.69) is 243 Å². The molecule has 8 aromatic carbocycles. The second-order valence-electron chi connectivity index (χ2n) is 14.0. The summed E-state index contributed by atoms with van der Waals surface area (Å²) in [5, 5.41) is 11.8. The third kappa shape index (κ3) is 21.7.